The van der Waals surface area contributed by atoms with Crippen LogP contribution >= 0.6 is 0 Å². The molecule has 0 spiro atoms. The van der Waals surface area contributed by atoms with Gasteiger partial charge in [0.05, 0.1) is 4.90 Å². The smallest absolute Gasteiger partial charge is 0.262 e. The molecule has 2 N–H and O–H groups in total. The van der Waals surface area contributed by atoms with Gasteiger partial charge in [-0.1, -0.05) is 0 Å². The van der Waals surface area contributed by atoms with Gasteiger partial charge in [0.15, 0.2) is 0 Å². The van der Waals surface area contributed by atoms with Crippen LogP contribution in [0.3, 0.4) is 0 Å². The van der Waals surface area contributed by atoms with E-state index < -0.39 is 27.8 Å². The summed E-state index contributed by atoms with van der Waals surface area (Å²) in [4.78, 5) is 11.8. The van der Waals surface area contributed by atoms with Crippen LogP contribution < -0.4 is 5.48 Å². The Morgan fingerprint density at radius 2 is 1.95 bits per heavy atom. The maximum absolute atomic E-state index is 13.0. The predicted octanol–water partition coefficient (Wildman–Crippen LogP) is 0.873. The Morgan fingerprint density at radius 3 is 2.57 bits per heavy atom. The molecule has 6 nitrogen and oxygen atoms in total. The fraction of sp³-hybridized carbons (Fsp3) is 0.462. The van der Waals surface area contributed by atoms with Crippen molar-refractivity contribution in [2.75, 3.05) is 0 Å². The van der Waals surface area contributed by atoms with E-state index in [1.165, 1.54) is 16.4 Å². The average Bonchev–Trinajstić information content (AvgIpc) is 3.07. The van der Waals surface area contributed by atoms with E-state index in [0.29, 0.717) is 12.8 Å². The number of sulfonamides is 1. The molecule has 0 radical (unpaired) electrons. The van der Waals surface area contributed by atoms with Crippen molar-refractivity contribution in [1.29, 1.82) is 0 Å². The summed E-state index contributed by atoms with van der Waals surface area (Å²) < 4.78 is 39.5. The molecule has 1 heterocycles. The third-order valence-electron chi connectivity index (χ3n) is 4.29. The van der Waals surface area contributed by atoms with Gasteiger partial charge < -0.3 is 0 Å². The number of rotatable bonds is 3. The van der Waals surface area contributed by atoms with Crippen LogP contribution in [0.25, 0.3) is 0 Å². The van der Waals surface area contributed by atoms with E-state index in [4.69, 9.17) is 5.21 Å². The topological polar surface area (TPSA) is 86.7 Å². The molecule has 2 bridgehead atoms. The van der Waals surface area contributed by atoms with Crippen LogP contribution in [0.4, 0.5) is 4.39 Å². The standard InChI is InChI=1S/C13H15FN2O4S/c14-9-2-5-11(6-3-9)21(19,20)16-10-4-1-8(7-10)12(16)13(17)15-18/h2-3,5-6,8,10,12,18H,1,4,7H2,(H,15,17)/t8-,10+,12-/m1/s1. The van der Waals surface area contributed by atoms with Crippen molar-refractivity contribution in [3.05, 3.63) is 30.1 Å². The number of halogens is 1. The predicted molar refractivity (Wildman–Crippen MR) is 70.3 cm³/mol. The second-order valence-corrected chi connectivity index (χ2v) is 7.28. The Labute approximate surface area is 121 Å². The van der Waals surface area contributed by atoms with Crippen LogP contribution in [0.15, 0.2) is 29.2 Å². The number of benzene rings is 1. The molecular weight excluding hydrogens is 299 g/mol. The average molecular weight is 314 g/mol. The molecule has 2 aliphatic rings. The number of carbonyl (C=O) groups is 1. The lowest BCUT2D eigenvalue weighted by Crippen LogP contribution is -2.52. The van der Waals surface area contributed by atoms with Gasteiger partial charge in [-0.15, -0.1) is 0 Å². The summed E-state index contributed by atoms with van der Waals surface area (Å²) in [6, 6.07) is 3.37. The fourth-order valence-electron chi connectivity index (χ4n) is 3.41. The number of nitrogens with one attached hydrogen (secondary N) is 1. The Morgan fingerprint density at radius 1 is 1.29 bits per heavy atom. The molecule has 8 heteroatoms. The van der Waals surface area contributed by atoms with Gasteiger partial charge in [0.2, 0.25) is 10.0 Å². The molecular formula is C13H15FN2O4S. The molecule has 1 aromatic carbocycles. The molecule has 0 unspecified atom stereocenters. The number of carbonyl (C=O) groups excluding carboxylic acids is 1. The summed E-state index contributed by atoms with van der Waals surface area (Å²) >= 11 is 0. The first-order chi connectivity index (χ1) is 9.95. The zero-order chi connectivity index (χ0) is 15.2. The van der Waals surface area contributed by atoms with Gasteiger partial charge >= 0.3 is 0 Å². The number of fused-ring (bicyclic) bond motifs is 2. The van der Waals surface area contributed by atoms with Crippen molar-refractivity contribution in [3.8, 4) is 0 Å². The zero-order valence-electron chi connectivity index (χ0n) is 11.1. The highest BCUT2D eigenvalue weighted by molar-refractivity contribution is 7.89. The van der Waals surface area contributed by atoms with Gasteiger partial charge in [0.25, 0.3) is 5.91 Å². The highest BCUT2D eigenvalue weighted by atomic mass is 32.2. The second kappa shape index (κ2) is 5.04. The number of nitrogens with zero attached hydrogens (tertiary/aromatic N) is 1. The Kier molecular flexibility index (Phi) is 3.46. The van der Waals surface area contributed by atoms with Crippen LogP contribution in [-0.4, -0.2) is 35.9 Å². The van der Waals surface area contributed by atoms with Gasteiger partial charge in [0.1, 0.15) is 11.9 Å². The van der Waals surface area contributed by atoms with E-state index in [1.54, 1.807) is 5.48 Å². The van der Waals surface area contributed by atoms with E-state index in [-0.39, 0.29) is 16.9 Å². The van der Waals surface area contributed by atoms with Crippen LogP contribution in [0.5, 0.6) is 0 Å². The summed E-state index contributed by atoms with van der Waals surface area (Å²) in [6.07, 6.45) is 2.07. The van der Waals surface area contributed by atoms with Gasteiger partial charge in [0, 0.05) is 6.04 Å². The summed E-state index contributed by atoms with van der Waals surface area (Å²) in [5.41, 5.74) is 1.55. The number of piperidine rings is 1. The molecule has 1 saturated heterocycles. The largest absolute Gasteiger partial charge is 0.289 e. The highest BCUT2D eigenvalue weighted by Gasteiger charge is 2.54. The molecule has 2 fully saturated rings. The maximum atomic E-state index is 13.0. The van der Waals surface area contributed by atoms with Gasteiger partial charge in [-0.3, -0.25) is 10.0 Å². The molecule has 3 rings (SSSR count). The van der Waals surface area contributed by atoms with E-state index in [9.17, 15) is 17.6 Å². The molecule has 1 saturated carbocycles. The Hall–Kier alpha value is -1.51. The van der Waals surface area contributed by atoms with Gasteiger partial charge in [-0.05, 0) is 49.4 Å². The number of hydrogen-bond donors (Lipinski definition) is 2. The van der Waals surface area contributed by atoms with Crippen molar-refractivity contribution >= 4 is 15.9 Å². The monoisotopic (exact) mass is 314 g/mol. The molecule has 3 atom stereocenters. The summed E-state index contributed by atoms with van der Waals surface area (Å²) in [5.74, 6) is -1.33. The molecule has 1 aliphatic carbocycles. The summed E-state index contributed by atoms with van der Waals surface area (Å²) in [6.45, 7) is 0. The highest BCUT2D eigenvalue weighted by Crippen LogP contribution is 2.45. The van der Waals surface area contributed by atoms with Crippen LogP contribution in [-0.2, 0) is 14.8 Å². The summed E-state index contributed by atoms with van der Waals surface area (Å²) in [7, 11) is -3.90. The van der Waals surface area contributed by atoms with Crippen molar-refractivity contribution in [3.63, 3.8) is 0 Å². The molecule has 1 aliphatic heterocycles. The van der Waals surface area contributed by atoms with Crippen molar-refractivity contribution in [2.45, 2.75) is 36.2 Å². The fourth-order valence-corrected chi connectivity index (χ4v) is 5.29. The molecule has 0 aromatic heterocycles. The lowest BCUT2D eigenvalue weighted by atomic mass is 10.00. The van der Waals surface area contributed by atoms with Gasteiger partial charge in [-0.2, -0.15) is 4.31 Å². The lowest BCUT2D eigenvalue weighted by Gasteiger charge is -2.32. The van der Waals surface area contributed by atoms with Gasteiger partial charge in [-0.25, -0.2) is 18.3 Å². The van der Waals surface area contributed by atoms with Crippen molar-refractivity contribution < 1.29 is 22.8 Å². The first kappa shape index (κ1) is 14.4. The quantitative estimate of drug-likeness (QED) is 0.640. The molecule has 21 heavy (non-hydrogen) atoms. The third kappa shape index (κ3) is 2.23. The van der Waals surface area contributed by atoms with E-state index in [0.717, 1.165) is 18.6 Å². The van der Waals surface area contributed by atoms with Crippen LogP contribution in [0, 0.1) is 11.7 Å². The maximum Gasteiger partial charge on any atom is 0.262 e. The van der Waals surface area contributed by atoms with E-state index in [1.807, 2.05) is 0 Å². The normalized spacial score (nSPS) is 28.8. The first-order valence-electron chi connectivity index (χ1n) is 6.68. The van der Waals surface area contributed by atoms with Crippen LogP contribution in [0.2, 0.25) is 0 Å². The van der Waals surface area contributed by atoms with Crippen molar-refractivity contribution in [1.82, 2.24) is 9.79 Å². The minimum atomic E-state index is -3.90. The SMILES string of the molecule is O=C(NO)[C@H]1[C@@H]2CC[C@@H](C2)N1S(=O)(=O)c1ccc(F)cc1. The minimum absolute atomic E-state index is 0.0489. The van der Waals surface area contributed by atoms with Crippen molar-refractivity contribution in [2.24, 2.45) is 5.92 Å². The second-order valence-electron chi connectivity index (χ2n) is 5.44. The zero-order valence-corrected chi connectivity index (χ0v) is 11.9. The van der Waals surface area contributed by atoms with E-state index >= 15 is 0 Å². The molecule has 1 amide bonds. The van der Waals surface area contributed by atoms with E-state index in [2.05, 4.69) is 0 Å². The Bertz CT molecular complexity index is 661. The number of hydroxylamine groups is 1. The third-order valence-corrected chi connectivity index (χ3v) is 6.24. The van der Waals surface area contributed by atoms with Crippen LogP contribution in [0.1, 0.15) is 19.3 Å². The lowest BCUT2D eigenvalue weighted by molar-refractivity contribution is -0.134. The minimum Gasteiger partial charge on any atom is -0.289 e. The first-order valence-corrected chi connectivity index (χ1v) is 8.12. The molecule has 1 aromatic rings. The number of amides is 1. The number of hydrogen-bond acceptors (Lipinski definition) is 4. The Balaban J connectivity index is 2.00. The molecule has 114 valence electrons. The summed E-state index contributed by atoms with van der Waals surface area (Å²) in [5, 5.41) is 8.84.